The molecule has 0 saturated carbocycles. The summed E-state index contributed by atoms with van der Waals surface area (Å²) >= 11 is 0. The van der Waals surface area contributed by atoms with Crippen molar-refractivity contribution in [2.75, 3.05) is 7.11 Å². The second-order valence-corrected chi connectivity index (χ2v) is 9.84. The Bertz CT molecular complexity index is 1420. The predicted molar refractivity (Wildman–Crippen MR) is 130 cm³/mol. The molecule has 6 nitrogen and oxygen atoms in total. The normalized spacial score (nSPS) is 11.3. The van der Waals surface area contributed by atoms with Gasteiger partial charge in [-0.3, -0.25) is 4.79 Å². The maximum atomic E-state index is 12.6. The van der Waals surface area contributed by atoms with Gasteiger partial charge in [0.25, 0.3) is 0 Å². The third kappa shape index (κ3) is 5.38. The smallest absolute Gasteiger partial charge is 0.227 e. The molecule has 34 heavy (non-hydrogen) atoms. The summed E-state index contributed by atoms with van der Waals surface area (Å²) < 4.78 is 36.1. The topological polar surface area (TPSA) is 93.8 Å². The van der Waals surface area contributed by atoms with Crippen molar-refractivity contribution in [3.63, 3.8) is 0 Å². The molecule has 4 rings (SSSR count). The largest absolute Gasteiger partial charge is 0.502 e. The molecule has 0 amide bonds. The highest BCUT2D eigenvalue weighted by atomic mass is 32.2. The summed E-state index contributed by atoms with van der Waals surface area (Å²) in [5.74, 6) is -0.0894. The molecule has 7 heteroatoms. The van der Waals surface area contributed by atoms with E-state index < -0.39 is 26.8 Å². The van der Waals surface area contributed by atoms with E-state index >= 15 is 0 Å². The number of aryl methyl sites for hydroxylation is 2. The number of rotatable bonds is 8. The van der Waals surface area contributed by atoms with Crippen LogP contribution in [-0.4, -0.2) is 20.6 Å². The molecule has 0 fully saturated rings. The van der Waals surface area contributed by atoms with Crippen molar-refractivity contribution in [1.82, 2.24) is 0 Å². The molecular formula is C27H24O6S. The quantitative estimate of drug-likeness (QED) is 0.393. The van der Waals surface area contributed by atoms with E-state index in [4.69, 9.17) is 9.15 Å². The van der Waals surface area contributed by atoms with Crippen molar-refractivity contribution in [2.24, 2.45) is 0 Å². The molecule has 0 spiro atoms. The van der Waals surface area contributed by atoms with E-state index in [1.807, 2.05) is 48.5 Å². The van der Waals surface area contributed by atoms with Crippen LogP contribution < -0.4 is 10.2 Å². The summed E-state index contributed by atoms with van der Waals surface area (Å²) in [7, 11) is -2.06. The van der Waals surface area contributed by atoms with E-state index in [1.54, 1.807) is 25.3 Å². The second kappa shape index (κ2) is 9.97. The van der Waals surface area contributed by atoms with Crippen LogP contribution in [0, 0.1) is 0 Å². The first-order valence-electron chi connectivity index (χ1n) is 10.7. The zero-order valence-electron chi connectivity index (χ0n) is 18.6. The van der Waals surface area contributed by atoms with Crippen molar-refractivity contribution in [3.8, 4) is 22.6 Å². The molecule has 0 bridgehead atoms. The fourth-order valence-corrected chi connectivity index (χ4v) is 4.89. The van der Waals surface area contributed by atoms with Crippen LogP contribution in [0.15, 0.2) is 99.0 Å². The van der Waals surface area contributed by atoms with Crippen LogP contribution in [0.3, 0.4) is 0 Å². The maximum absolute atomic E-state index is 12.6. The van der Waals surface area contributed by atoms with Gasteiger partial charge in [-0.15, -0.1) is 0 Å². The molecule has 0 atom stereocenters. The number of sulfone groups is 1. The van der Waals surface area contributed by atoms with Gasteiger partial charge in [-0.25, -0.2) is 8.42 Å². The molecule has 3 aromatic carbocycles. The lowest BCUT2D eigenvalue weighted by Crippen LogP contribution is -2.10. The summed E-state index contributed by atoms with van der Waals surface area (Å²) in [5, 5.41) is 10.2. The van der Waals surface area contributed by atoms with E-state index in [9.17, 15) is 18.3 Å². The van der Waals surface area contributed by atoms with E-state index in [1.165, 1.54) is 12.1 Å². The van der Waals surface area contributed by atoms with Crippen molar-refractivity contribution < 1.29 is 22.7 Å². The average molecular weight is 477 g/mol. The highest BCUT2D eigenvalue weighted by Gasteiger charge is 2.19. The third-order valence-electron chi connectivity index (χ3n) is 5.50. The minimum Gasteiger partial charge on any atom is -0.502 e. The van der Waals surface area contributed by atoms with Gasteiger partial charge < -0.3 is 14.3 Å². The van der Waals surface area contributed by atoms with E-state index in [2.05, 4.69) is 0 Å². The molecule has 1 aromatic heterocycles. The van der Waals surface area contributed by atoms with Gasteiger partial charge in [0.15, 0.2) is 9.84 Å². The van der Waals surface area contributed by atoms with Crippen molar-refractivity contribution in [2.45, 2.75) is 23.5 Å². The molecule has 1 N–H and O–H groups in total. The molecule has 0 aliphatic carbocycles. The average Bonchev–Trinajstić information content (AvgIpc) is 2.86. The molecule has 174 valence electrons. The molecule has 1 heterocycles. The number of benzene rings is 3. The fraction of sp³-hybridized carbons (Fsp3) is 0.148. The van der Waals surface area contributed by atoms with Gasteiger partial charge in [0.1, 0.15) is 23.0 Å². The standard InChI is InChI=1S/C27H24O6S/c1-32-22-14-12-21(13-15-22)20-10-7-19(8-11-20)9-16-26-27(29)25(28)17-23(33-26)18-34(30,31)24-5-3-2-4-6-24/h2-8,10-15,17,29H,9,16,18H2,1H3. The Kier molecular flexibility index (Phi) is 6.84. The summed E-state index contributed by atoms with van der Waals surface area (Å²) in [6.45, 7) is 0. The minimum absolute atomic E-state index is 0.00323. The first kappa shape index (κ1) is 23.3. The van der Waals surface area contributed by atoms with Crippen LogP contribution in [-0.2, 0) is 28.4 Å². The monoisotopic (exact) mass is 476 g/mol. The number of hydrogen-bond acceptors (Lipinski definition) is 6. The summed E-state index contributed by atoms with van der Waals surface area (Å²) in [4.78, 5) is 12.4. The summed E-state index contributed by atoms with van der Waals surface area (Å²) in [6, 6.07) is 24.7. The van der Waals surface area contributed by atoms with Crippen molar-refractivity contribution in [1.29, 1.82) is 0 Å². The molecule has 4 aromatic rings. The number of methoxy groups -OCH3 is 1. The maximum Gasteiger partial charge on any atom is 0.227 e. The van der Waals surface area contributed by atoms with Gasteiger partial charge in [0.2, 0.25) is 11.2 Å². The highest BCUT2D eigenvalue weighted by Crippen LogP contribution is 2.24. The van der Waals surface area contributed by atoms with Gasteiger partial charge in [0, 0.05) is 12.5 Å². The SMILES string of the molecule is COc1ccc(-c2ccc(CCc3oc(CS(=O)(=O)c4ccccc4)cc(=O)c3O)cc2)cc1. The molecule has 0 aliphatic heterocycles. The molecule has 0 radical (unpaired) electrons. The number of aromatic hydroxyl groups is 1. The Labute approximate surface area is 198 Å². The van der Waals surface area contributed by atoms with Crippen LogP contribution in [0.4, 0.5) is 0 Å². The first-order valence-corrected chi connectivity index (χ1v) is 12.4. The molecule has 0 aliphatic rings. The Morgan fingerprint density at radius 2 is 1.47 bits per heavy atom. The summed E-state index contributed by atoms with van der Waals surface area (Å²) in [6.07, 6.45) is 0.760. The first-order chi connectivity index (χ1) is 16.4. The second-order valence-electron chi connectivity index (χ2n) is 7.85. The Hall–Kier alpha value is -3.84. The van der Waals surface area contributed by atoms with E-state index in [-0.39, 0.29) is 22.8 Å². The number of hydrogen-bond donors (Lipinski definition) is 1. The lowest BCUT2D eigenvalue weighted by atomic mass is 10.0. The van der Waals surface area contributed by atoms with Crippen LogP contribution in [0.1, 0.15) is 17.1 Å². The molecular weight excluding hydrogens is 452 g/mol. The lowest BCUT2D eigenvalue weighted by molar-refractivity contribution is 0.385. The van der Waals surface area contributed by atoms with Crippen molar-refractivity contribution in [3.05, 3.63) is 112 Å². The van der Waals surface area contributed by atoms with Crippen LogP contribution >= 0.6 is 0 Å². The molecule has 0 saturated heterocycles. The zero-order valence-corrected chi connectivity index (χ0v) is 19.4. The minimum atomic E-state index is -3.68. The van der Waals surface area contributed by atoms with E-state index in [0.717, 1.165) is 28.5 Å². The van der Waals surface area contributed by atoms with Crippen LogP contribution in [0.2, 0.25) is 0 Å². The summed E-state index contributed by atoms with van der Waals surface area (Å²) in [5.41, 5.74) is 2.44. The Morgan fingerprint density at radius 3 is 2.09 bits per heavy atom. The Balaban J connectivity index is 1.48. The van der Waals surface area contributed by atoms with Gasteiger partial charge in [-0.1, -0.05) is 54.6 Å². The fourth-order valence-electron chi connectivity index (χ4n) is 3.63. The van der Waals surface area contributed by atoms with Gasteiger partial charge in [-0.2, -0.15) is 0 Å². The highest BCUT2D eigenvalue weighted by molar-refractivity contribution is 7.90. The number of ether oxygens (including phenoxy) is 1. The van der Waals surface area contributed by atoms with Crippen LogP contribution in [0.5, 0.6) is 11.5 Å². The lowest BCUT2D eigenvalue weighted by Gasteiger charge is -2.09. The van der Waals surface area contributed by atoms with Crippen molar-refractivity contribution >= 4 is 9.84 Å². The van der Waals surface area contributed by atoms with Crippen LogP contribution in [0.25, 0.3) is 11.1 Å². The zero-order chi connectivity index (χ0) is 24.1. The van der Waals surface area contributed by atoms with E-state index in [0.29, 0.717) is 6.42 Å². The Morgan fingerprint density at radius 1 is 0.853 bits per heavy atom. The molecule has 0 unspecified atom stereocenters. The van der Waals surface area contributed by atoms with Gasteiger partial charge >= 0.3 is 0 Å². The van der Waals surface area contributed by atoms with Gasteiger partial charge in [0.05, 0.1) is 12.0 Å². The predicted octanol–water partition coefficient (Wildman–Crippen LogP) is 4.78. The third-order valence-corrected chi connectivity index (χ3v) is 7.15. The van der Waals surface area contributed by atoms with Gasteiger partial charge in [-0.05, 0) is 47.4 Å².